The number of carbonyl (C=O) groups is 1. The van der Waals surface area contributed by atoms with Crippen LogP contribution in [0.1, 0.15) is 18.2 Å². The summed E-state index contributed by atoms with van der Waals surface area (Å²) >= 11 is 7.47. The molecule has 6 nitrogen and oxygen atoms in total. The molecule has 0 aromatic carbocycles. The molecule has 0 unspecified atom stereocenters. The third-order valence-corrected chi connectivity index (χ3v) is 4.01. The summed E-state index contributed by atoms with van der Waals surface area (Å²) in [5.41, 5.74) is 7.61. The Kier molecular flexibility index (Phi) is 4.17. The smallest absolute Gasteiger partial charge is 0.235 e. The largest absolute Gasteiger partial charge is 0.284 e. The lowest BCUT2D eigenvalue weighted by atomic mass is 10.1. The fraction of sp³-hybridized carbons (Fsp3) is 0.143. The van der Waals surface area contributed by atoms with Crippen LogP contribution >= 0.6 is 22.9 Å². The molecule has 0 saturated heterocycles. The van der Waals surface area contributed by atoms with Crippen molar-refractivity contribution in [2.24, 2.45) is 9.98 Å². The van der Waals surface area contributed by atoms with Crippen molar-refractivity contribution in [1.29, 1.82) is 0 Å². The fourth-order valence-corrected chi connectivity index (χ4v) is 3.06. The maximum Gasteiger partial charge on any atom is 0.235 e. The van der Waals surface area contributed by atoms with Gasteiger partial charge in [0.2, 0.25) is 5.91 Å². The van der Waals surface area contributed by atoms with Gasteiger partial charge in [0.05, 0.1) is 22.3 Å². The second kappa shape index (κ2) is 6.25. The minimum Gasteiger partial charge on any atom is -0.284 e. The molecule has 1 aliphatic rings. The lowest BCUT2D eigenvalue weighted by Gasteiger charge is -2.06. The Labute approximate surface area is 135 Å². The van der Waals surface area contributed by atoms with E-state index in [2.05, 4.69) is 25.8 Å². The third-order valence-electron chi connectivity index (χ3n) is 2.85. The van der Waals surface area contributed by atoms with Crippen molar-refractivity contribution < 1.29 is 4.79 Å². The number of aliphatic imine (C=N–C) groups is 2. The van der Waals surface area contributed by atoms with E-state index in [1.165, 1.54) is 18.3 Å². The molecule has 2 aromatic rings. The van der Waals surface area contributed by atoms with Gasteiger partial charge >= 0.3 is 0 Å². The second-order valence-corrected chi connectivity index (χ2v) is 6.18. The first-order chi connectivity index (χ1) is 10.6. The molecule has 3 heterocycles. The molecular weight excluding hydrogens is 322 g/mol. The van der Waals surface area contributed by atoms with Crippen LogP contribution in [0.5, 0.6) is 0 Å². The Morgan fingerprint density at radius 1 is 1.41 bits per heavy atom. The van der Waals surface area contributed by atoms with E-state index < -0.39 is 0 Å². The normalized spacial score (nSPS) is 13.5. The minimum absolute atomic E-state index is 0.203. The van der Waals surface area contributed by atoms with Crippen LogP contribution < -0.4 is 10.9 Å². The summed E-state index contributed by atoms with van der Waals surface area (Å²) in [5, 5.41) is 0.736. The van der Waals surface area contributed by atoms with E-state index in [1.54, 1.807) is 6.20 Å². The molecule has 112 valence electrons. The molecule has 0 aliphatic carbocycles. The summed E-state index contributed by atoms with van der Waals surface area (Å²) < 4.78 is 0.623. The zero-order valence-electron chi connectivity index (χ0n) is 11.6. The van der Waals surface area contributed by atoms with E-state index in [4.69, 9.17) is 11.6 Å². The van der Waals surface area contributed by atoms with Crippen LogP contribution in [-0.2, 0) is 4.79 Å². The van der Waals surface area contributed by atoms with E-state index in [0.717, 1.165) is 22.0 Å². The Hall–Kier alpha value is -2.25. The SMILES string of the molecule is CC(=O)NNC1=Nc2sc(Cl)cc2C(c2ccccn2)=NC1. The third kappa shape index (κ3) is 3.15. The number of pyridine rings is 1. The van der Waals surface area contributed by atoms with E-state index in [-0.39, 0.29) is 5.91 Å². The van der Waals surface area contributed by atoms with Crippen molar-refractivity contribution >= 4 is 45.4 Å². The van der Waals surface area contributed by atoms with Gasteiger partial charge in [0.25, 0.3) is 0 Å². The summed E-state index contributed by atoms with van der Waals surface area (Å²) in [5.74, 6) is 0.339. The molecule has 3 rings (SSSR count). The number of carbonyl (C=O) groups excluding carboxylic acids is 1. The molecular formula is C14H12ClN5OS. The number of rotatable bonds is 1. The quantitative estimate of drug-likeness (QED) is 0.786. The predicted octanol–water partition coefficient (Wildman–Crippen LogP) is 2.32. The Morgan fingerprint density at radius 2 is 2.27 bits per heavy atom. The number of hydrogen-bond acceptors (Lipinski definition) is 6. The summed E-state index contributed by atoms with van der Waals surface area (Å²) in [6, 6.07) is 7.48. The fourth-order valence-electron chi connectivity index (χ4n) is 1.95. The number of amides is 1. The molecule has 0 atom stereocenters. The molecule has 0 radical (unpaired) electrons. The second-order valence-electron chi connectivity index (χ2n) is 4.51. The molecule has 1 amide bonds. The first-order valence-corrected chi connectivity index (χ1v) is 7.68. The molecule has 2 N–H and O–H groups in total. The highest BCUT2D eigenvalue weighted by Gasteiger charge is 2.19. The van der Waals surface area contributed by atoms with Crippen molar-refractivity contribution in [3.63, 3.8) is 0 Å². The van der Waals surface area contributed by atoms with Crippen LogP contribution in [0.2, 0.25) is 4.34 Å². The van der Waals surface area contributed by atoms with Crippen LogP contribution in [0.25, 0.3) is 0 Å². The van der Waals surface area contributed by atoms with Gasteiger partial charge in [0.15, 0.2) is 0 Å². The van der Waals surface area contributed by atoms with Gasteiger partial charge in [-0.25, -0.2) is 4.99 Å². The van der Waals surface area contributed by atoms with Crippen molar-refractivity contribution in [1.82, 2.24) is 15.8 Å². The van der Waals surface area contributed by atoms with Gasteiger partial charge in [-0.1, -0.05) is 17.7 Å². The number of nitrogens with zero attached hydrogens (tertiary/aromatic N) is 3. The van der Waals surface area contributed by atoms with E-state index in [0.29, 0.717) is 16.7 Å². The van der Waals surface area contributed by atoms with Crippen molar-refractivity contribution in [3.05, 3.63) is 46.1 Å². The van der Waals surface area contributed by atoms with Gasteiger partial charge in [-0.3, -0.25) is 25.6 Å². The monoisotopic (exact) mass is 333 g/mol. The number of thiophene rings is 1. The number of hydrazine groups is 1. The van der Waals surface area contributed by atoms with Crippen molar-refractivity contribution in [2.75, 3.05) is 6.54 Å². The topological polar surface area (TPSA) is 78.7 Å². The highest BCUT2D eigenvalue weighted by atomic mass is 35.5. The zero-order valence-corrected chi connectivity index (χ0v) is 13.2. The van der Waals surface area contributed by atoms with Crippen molar-refractivity contribution in [3.8, 4) is 0 Å². The van der Waals surface area contributed by atoms with Gasteiger partial charge in [-0.15, -0.1) is 11.3 Å². The van der Waals surface area contributed by atoms with Crippen LogP contribution in [0, 0.1) is 0 Å². The average molecular weight is 334 g/mol. The molecule has 8 heteroatoms. The molecule has 0 spiro atoms. The van der Waals surface area contributed by atoms with E-state index >= 15 is 0 Å². The Bertz CT molecular complexity index is 769. The molecule has 0 saturated carbocycles. The standard InChI is InChI=1S/C14H12ClN5OS/c1-8(21)19-20-12-7-17-13(10-4-2-3-5-16-10)9-6-11(15)22-14(9)18-12/h2-6H,7H2,1H3,(H,18,20)(H,19,21). The zero-order chi connectivity index (χ0) is 15.5. The van der Waals surface area contributed by atoms with Crippen LogP contribution in [-0.4, -0.2) is 29.0 Å². The predicted molar refractivity (Wildman–Crippen MR) is 88.1 cm³/mol. The highest BCUT2D eigenvalue weighted by molar-refractivity contribution is 7.20. The Morgan fingerprint density at radius 3 is 3.00 bits per heavy atom. The molecule has 22 heavy (non-hydrogen) atoms. The molecule has 0 bridgehead atoms. The minimum atomic E-state index is -0.203. The Balaban J connectivity index is 2.00. The summed E-state index contributed by atoms with van der Waals surface area (Å²) in [4.78, 5) is 24.4. The lowest BCUT2D eigenvalue weighted by Crippen LogP contribution is -2.41. The average Bonchev–Trinajstić information content (AvgIpc) is 2.77. The first-order valence-electron chi connectivity index (χ1n) is 6.49. The van der Waals surface area contributed by atoms with Crippen molar-refractivity contribution in [2.45, 2.75) is 6.92 Å². The van der Waals surface area contributed by atoms with Gasteiger partial charge in [-0.05, 0) is 18.2 Å². The van der Waals surface area contributed by atoms with E-state index in [9.17, 15) is 4.79 Å². The van der Waals surface area contributed by atoms with Gasteiger partial charge < -0.3 is 0 Å². The maximum absolute atomic E-state index is 11.0. The number of halogens is 1. The number of hydrogen-bond donors (Lipinski definition) is 2. The summed E-state index contributed by atoms with van der Waals surface area (Å²) in [6.07, 6.45) is 1.72. The molecule has 1 aliphatic heterocycles. The first kappa shape index (κ1) is 14.7. The molecule has 0 fully saturated rings. The van der Waals surface area contributed by atoms with Crippen LogP contribution in [0.15, 0.2) is 40.4 Å². The van der Waals surface area contributed by atoms with Crippen LogP contribution in [0.3, 0.4) is 0 Å². The van der Waals surface area contributed by atoms with Gasteiger partial charge in [0.1, 0.15) is 10.8 Å². The summed E-state index contributed by atoms with van der Waals surface area (Å²) in [6.45, 7) is 1.73. The maximum atomic E-state index is 11.0. The number of amidine groups is 1. The highest BCUT2D eigenvalue weighted by Crippen LogP contribution is 2.36. The summed E-state index contributed by atoms with van der Waals surface area (Å²) in [7, 11) is 0. The van der Waals surface area contributed by atoms with Crippen LogP contribution in [0.4, 0.5) is 5.00 Å². The van der Waals surface area contributed by atoms with Gasteiger partial charge in [0, 0.05) is 18.7 Å². The lowest BCUT2D eigenvalue weighted by molar-refractivity contribution is -0.119. The number of fused-ring (bicyclic) bond motifs is 1. The molecule has 2 aromatic heterocycles. The number of aromatic nitrogens is 1. The van der Waals surface area contributed by atoms with E-state index in [1.807, 2.05) is 24.3 Å². The number of nitrogens with one attached hydrogen (secondary N) is 2. The van der Waals surface area contributed by atoms with Gasteiger partial charge in [-0.2, -0.15) is 0 Å².